The molecule has 5 heteroatoms. The summed E-state index contributed by atoms with van der Waals surface area (Å²) >= 11 is 1.65. The lowest BCUT2D eigenvalue weighted by atomic mass is 10.2. The number of hydrogen-bond acceptors (Lipinski definition) is 5. The predicted octanol–water partition coefficient (Wildman–Crippen LogP) is 4.11. The first kappa shape index (κ1) is 15.3. The lowest BCUT2D eigenvalue weighted by Crippen LogP contribution is -2.10. The standard InChI is InChI=1S/C16H20N4S/c1-4-10-20(3)18-9-8-13(5-2)19-14-6-7-16-15(11-14)17-12-21-16/h4,6-9,11-12,19H,1,5,10H2,2-3H3/b13-8+,18-9-. The van der Waals surface area contributed by atoms with Crippen molar-refractivity contribution in [3.63, 3.8) is 0 Å². The van der Waals surface area contributed by atoms with Gasteiger partial charge in [0.2, 0.25) is 0 Å². The third-order valence-electron chi connectivity index (χ3n) is 2.95. The Bertz CT molecular complexity index is 657. The van der Waals surface area contributed by atoms with E-state index in [-0.39, 0.29) is 0 Å². The number of rotatable bonds is 7. The van der Waals surface area contributed by atoms with Gasteiger partial charge in [-0.15, -0.1) is 17.9 Å². The predicted molar refractivity (Wildman–Crippen MR) is 92.9 cm³/mol. The number of aromatic nitrogens is 1. The van der Waals surface area contributed by atoms with Crippen LogP contribution < -0.4 is 5.32 Å². The lowest BCUT2D eigenvalue weighted by molar-refractivity contribution is 0.397. The van der Waals surface area contributed by atoms with Gasteiger partial charge in [0.05, 0.1) is 22.3 Å². The fourth-order valence-corrected chi connectivity index (χ4v) is 2.50. The highest BCUT2D eigenvalue weighted by atomic mass is 32.1. The van der Waals surface area contributed by atoms with E-state index >= 15 is 0 Å². The van der Waals surface area contributed by atoms with Crippen molar-refractivity contribution in [1.29, 1.82) is 0 Å². The van der Waals surface area contributed by atoms with Crippen molar-refractivity contribution in [3.05, 3.63) is 48.1 Å². The zero-order valence-electron chi connectivity index (χ0n) is 12.4. The average molecular weight is 300 g/mol. The summed E-state index contributed by atoms with van der Waals surface area (Å²) in [5, 5.41) is 9.54. The van der Waals surface area contributed by atoms with Crippen LogP contribution in [0, 0.1) is 0 Å². The molecule has 4 nitrogen and oxygen atoms in total. The minimum atomic E-state index is 0.736. The summed E-state index contributed by atoms with van der Waals surface area (Å²) in [5.74, 6) is 0. The molecule has 0 bridgehead atoms. The van der Waals surface area contributed by atoms with E-state index in [2.05, 4.69) is 47.1 Å². The lowest BCUT2D eigenvalue weighted by Gasteiger charge is -2.10. The van der Waals surface area contributed by atoms with Gasteiger partial charge in [0.1, 0.15) is 0 Å². The third-order valence-corrected chi connectivity index (χ3v) is 3.76. The van der Waals surface area contributed by atoms with Gasteiger partial charge in [-0.05, 0) is 30.7 Å². The molecule has 1 aromatic carbocycles. The second-order valence-corrected chi connectivity index (χ2v) is 5.49. The SMILES string of the molecule is C=CCN(C)/N=C\C=C(/CC)Nc1ccc2scnc2c1. The van der Waals surface area contributed by atoms with Gasteiger partial charge in [0.15, 0.2) is 0 Å². The Labute approximate surface area is 129 Å². The Morgan fingerprint density at radius 2 is 2.38 bits per heavy atom. The van der Waals surface area contributed by atoms with Crippen LogP contribution in [0.2, 0.25) is 0 Å². The molecule has 0 fully saturated rings. The molecule has 0 aliphatic carbocycles. The number of hydrogen-bond donors (Lipinski definition) is 1. The van der Waals surface area contributed by atoms with E-state index in [1.807, 2.05) is 29.7 Å². The summed E-state index contributed by atoms with van der Waals surface area (Å²) in [6, 6.07) is 6.23. The minimum Gasteiger partial charge on any atom is -0.359 e. The van der Waals surface area contributed by atoms with Crippen LogP contribution in [-0.4, -0.2) is 29.8 Å². The van der Waals surface area contributed by atoms with E-state index in [4.69, 9.17) is 0 Å². The fraction of sp³-hybridized carbons (Fsp3) is 0.250. The van der Waals surface area contributed by atoms with Crippen molar-refractivity contribution in [2.24, 2.45) is 5.10 Å². The topological polar surface area (TPSA) is 40.5 Å². The van der Waals surface area contributed by atoms with Gasteiger partial charge < -0.3 is 5.32 Å². The molecule has 0 radical (unpaired) electrons. The van der Waals surface area contributed by atoms with Gasteiger partial charge in [-0.25, -0.2) is 4.98 Å². The second kappa shape index (κ2) is 7.59. The van der Waals surface area contributed by atoms with Crippen LogP contribution in [0.15, 0.2) is 53.2 Å². The summed E-state index contributed by atoms with van der Waals surface area (Å²) in [6.45, 7) is 6.54. The number of nitrogens with one attached hydrogen (secondary N) is 1. The van der Waals surface area contributed by atoms with E-state index in [1.165, 1.54) is 4.70 Å². The second-order valence-electron chi connectivity index (χ2n) is 4.60. The van der Waals surface area contributed by atoms with Gasteiger partial charge in [-0.2, -0.15) is 5.10 Å². The van der Waals surface area contributed by atoms with Gasteiger partial charge in [-0.1, -0.05) is 13.0 Å². The third kappa shape index (κ3) is 4.43. The summed E-state index contributed by atoms with van der Waals surface area (Å²) in [4.78, 5) is 4.33. The first-order valence-electron chi connectivity index (χ1n) is 6.88. The molecular formula is C16H20N4S. The molecule has 0 unspecified atom stereocenters. The molecule has 1 heterocycles. The fourth-order valence-electron chi connectivity index (χ4n) is 1.84. The summed E-state index contributed by atoms with van der Waals surface area (Å²) in [6.07, 6.45) is 6.52. The number of anilines is 1. The van der Waals surface area contributed by atoms with Crippen LogP contribution in [0.1, 0.15) is 13.3 Å². The molecule has 1 aromatic heterocycles. The number of hydrazone groups is 1. The Balaban J connectivity index is 2.05. The first-order chi connectivity index (χ1) is 10.2. The zero-order valence-corrected chi connectivity index (χ0v) is 13.2. The molecule has 0 saturated carbocycles. The van der Waals surface area contributed by atoms with Gasteiger partial charge >= 0.3 is 0 Å². The smallest absolute Gasteiger partial charge is 0.0832 e. The number of thiazole rings is 1. The number of fused-ring (bicyclic) bond motifs is 1. The molecule has 2 rings (SSSR count). The maximum Gasteiger partial charge on any atom is 0.0832 e. The molecule has 1 N–H and O–H groups in total. The molecule has 110 valence electrons. The molecular weight excluding hydrogens is 280 g/mol. The number of likely N-dealkylation sites (N-methyl/N-ethyl adjacent to an activating group) is 1. The van der Waals surface area contributed by atoms with E-state index in [1.54, 1.807) is 17.6 Å². The van der Waals surface area contributed by atoms with Crippen LogP contribution in [0.25, 0.3) is 10.2 Å². The van der Waals surface area contributed by atoms with Crippen LogP contribution in [-0.2, 0) is 0 Å². The quantitative estimate of drug-likeness (QED) is 0.475. The molecule has 2 aromatic rings. The molecule has 0 amide bonds. The monoisotopic (exact) mass is 300 g/mol. The summed E-state index contributed by atoms with van der Waals surface area (Å²) in [7, 11) is 1.92. The van der Waals surface area contributed by atoms with Gasteiger partial charge in [-0.3, -0.25) is 5.01 Å². The van der Waals surface area contributed by atoms with Crippen LogP contribution in [0.4, 0.5) is 5.69 Å². The maximum atomic E-state index is 4.33. The largest absolute Gasteiger partial charge is 0.359 e. The van der Waals surface area contributed by atoms with Crippen LogP contribution >= 0.6 is 11.3 Å². The number of nitrogens with zero attached hydrogens (tertiary/aromatic N) is 3. The molecule has 0 aliphatic heterocycles. The van der Waals surface area contributed by atoms with Crippen molar-refractivity contribution < 1.29 is 0 Å². The molecule has 21 heavy (non-hydrogen) atoms. The highest BCUT2D eigenvalue weighted by Gasteiger charge is 2.00. The molecule has 0 saturated heterocycles. The van der Waals surface area contributed by atoms with E-state index < -0.39 is 0 Å². The van der Waals surface area contributed by atoms with Crippen molar-refractivity contribution in [3.8, 4) is 0 Å². The normalized spacial score (nSPS) is 12.0. The zero-order chi connectivity index (χ0) is 15.1. The Kier molecular flexibility index (Phi) is 5.51. The Hall–Kier alpha value is -2.14. The number of allylic oxidation sites excluding steroid dienone is 2. The number of benzene rings is 1. The van der Waals surface area contributed by atoms with Crippen LogP contribution in [0.5, 0.6) is 0 Å². The van der Waals surface area contributed by atoms with Crippen molar-refractivity contribution in [2.45, 2.75) is 13.3 Å². The minimum absolute atomic E-state index is 0.736. The van der Waals surface area contributed by atoms with Gasteiger partial charge in [0, 0.05) is 24.6 Å². The van der Waals surface area contributed by atoms with Gasteiger partial charge in [0.25, 0.3) is 0 Å². The van der Waals surface area contributed by atoms with Crippen molar-refractivity contribution in [2.75, 3.05) is 18.9 Å². The van der Waals surface area contributed by atoms with E-state index in [0.717, 1.165) is 29.9 Å². The molecule has 0 aliphatic rings. The average Bonchev–Trinajstić information content (AvgIpc) is 2.94. The summed E-state index contributed by atoms with van der Waals surface area (Å²) in [5.41, 5.74) is 5.06. The van der Waals surface area contributed by atoms with E-state index in [0.29, 0.717) is 0 Å². The van der Waals surface area contributed by atoms with Crippen LogP contribution in [0.3, 0.4) is 0 Å². The van der Waals surface area contributed by atoms with Crippen molar-refractivity contribution in [1.82, 2.24) is 9.99 Å². The van der Waals surface area contributed by atoms with E-state index in [9.17, 15) is 0 Å². The molecule has 0 atom stereocenters. The Morgan fingerprint density at radius 3 is 3.14 bits per heavy atom. The summed E-state index contributed by atoms with van der Waals surface area (Å²) < 4.78 is 1.20. The first-order valence-corrected chi connectivity index (χ1v) is 7.76. The molecule has 0 spiro atoms. The highest BCUT2D eigenvalue weighted by molar-refractivity contribution is 7.16. The highest BCUT2D eigenvalue weighted by Crippen LogP contribution is 2.22. The van der Waals surface area contributed by atoms with Crippen molar-refractivity contribution >= 4 is 33.5 Å². The maximum absolute atomic E-state index is 4.33. The Morgan fingerprint density at radius 1 is 1.52 bits per heavy atom.